The summed E-state index contributed by atoms with van der Waals surface area (Å²) < 4.78 is 5.42. The molecule has 2 N–H and O–H groups in total. The molecule has 0 spiro atoms. The van der Waals surface area contributed by atoms with Crippen molar-refractivity contribution in [3.05, 3.63) is 114 Å². The topological polar surface area (TPSA) is 110 Å². The Labute approximate surface area is 247 Å². The maximum absolute atomic E-state index is 13.5. The summed E-state index contributed by atoms with van der Waals surface area (Å²) in [7, 11) is 0. The number of nitrogen functional groups attached to an aromatic ring is 1. The van der Waals surface area contributed by atoms with Gasteiger partial charge in [0.05, 0.1) is 27.9 Å². The minimum atomic E-state index is -0.680. The molecule has 2 heterocycles. The molecule has 2 aliphatic rings. The summed E-state index contributed by atoms with van der Waals surface area (Å²) in [5, 5.41) is -0.566. The lowest BCUT2D eigenvalue weighted by Crippen LogP contribution is -2.31. The number of benzene rings is 4. The molecule has 210 valence electrons. The predicted molar refractivity (Wildman–Crippen MR) is 162 cm³/mol. The van der Waals surface area contributed by atoms with Crippen molar-refractivity contribution in [2.75, 3.05) is 22.1 Å². The highest BCUT2D eigenvalue weighted by Crippen LogP contribution is 2.37. The number of imide groups is 1. The number of ether oxygens (including phenoxy) is 1. The molecular formula is C33H27N3O5S. The van der Waals surface area contributed by atoms with Crippen LogP contribution < -0.4 is 15.5 Å². The molecule has 42 heavy (non-hydrogen) atoms. The third-order valence-electron chi connectivity index (χ3n) is 7.31. The number of anilines is 4. The molecule has 6 rings (SSSR count). The summed E-state index contributed by atoms with van der Waals surface area (Å²) in [6.07, 6.45) is 1.66. The van der Waals surface area contributed by atoms with Crippen LogP contribution in [0.2, 0.25) is 0 Å². The van der Waals surface area contributed by atoms with Crippen LogP contribution in [0.4, 0.5) is 22.7 Å². The highest BCUT2D eigenvalue weighted by molar-refractivity contribution is 8.00. The summed E-state index contributed by atoms with van der Waals surface area (Å²) in [4.78, 5) is 55.7. The number of fused-ring (bicyclic) bond motifs is 2. The smallest absolute Gasteiger partial charge is 0.338 e. The van der Waals surface area contributed by atoms with Gasteiger partial charge in [0.2, 0.25) is 11.8 Å². The number of thioether (sulfide) groups is 1. The second-order valence-electron chi connectivity index (χ2n) is 10.1. The van der Waals surface area contributed by atoms with Crippen LogP contribution in [-0.2, 0) is 32.0 Å². The number of hydrogen-bond acceptors (Lipinski definition) is 7. The van der Waals surface area contributed by atoms with Crippen LogP contribution >= 0.6 is 11.8 Å². The molecule has 2 aliphatic heterocycles. The fourth-order valence-electron chi connectivity index (χ4n) is 5.29. The van der Waals surface area contributed by atoms with Gasteiger partial charge in [0.15, 0.2) is 6.61 Å². The van der Waals surface area contributed by atoms with Crippen LogP contribution in [0, 0.1) is 0 Å². The Balaban J connectivity index is 1.13. The van der Waals surface area contributed by atoms with Gasteiger partial charge < -0.3 is 10.5 Å². The van der Waals surface area contributed by atoms with Crippen LogP contribution in [0.25, 0.3) is 0 Å². The molecule has 1 fully saturated rings. The number of hydrogen-bond donors (Lipinski definition) is 1. The minimum Gasteiger partial charge on any atom is -0.452 e. The Morgan fingerprint density at radius 3 is 2.12 bits per heavy atom. The number of carbonyl (C=O) groups is 4. The zero-order chi connectivity index (χ0) is 29.2. The molecule has 9 heteroatoms. The standard InChI is InChI=1S/C33H27N3O5S/c34-24-8-5-9-26(18-24)42-29-19-30(37)35(32(29)39)25-16-14-23(15-17-25)33(40)41-20-31(38)36-27-10-3-1-6-21(27)12-13-22-7-2-4-11-28(22)36/h1-11,14-18,29H,12-13,19-20,34H2. The van der Waals surface area contributed by atoms with Gasteiger partial charge >= 0.3 is 5.97 Å². The number of esters is 1. The summed E-state index contributed by atoms with van der Waals surface area (Å²) in [6, 6.07) is 28.7. The summed E-state index contributed by atoms with van der Waals surface area (Å²) in [6.45, 7) is -0.449. The van der Waals surface area contributed by atoms with Crippen molar-refractivity contribution in [2.45, 2.75) is 29.4 Å². The minimum absolute atomic E-state index is 0.0625. The Bertz CT molecular complexity index is 1660. The number of nitrogens with two attached hydrogens (primary N) is 1. The van der Waals surface area contributed by atoms with Crippen LogP contribution in [0.15, 0.2) is 102 Å². The summed E-state index contributed by atoms with van der Waals surface area (Å²) >= 11 is 1.30. The molecule has 0 bridgehead atoms. The zero-order valence-corrected chi connectivity index (χ0v) is 23.4. The average molecular weight is 578 g/mol. The van der Waals surface area contributed by atoms with Crippen LogP contribution in [0.3, 0.4) is 0 Å². The van der Waals surface area contributed by atoms with E-state index in [1.165, 1.54) is 36.0 Å². The molecule has 1 unspecified atom stereocenters. The van der Waals surface area contributed by atoms with Crippen molar-refractivity contribution >= 4 is 58.2 Å². The Kier molecular flexibility index (Phi) is 7.50. The average Bonchev–Trinajstić information content (AvgIpc) is 3.17. The maximum atomic E-state index is 13.5. The van der Waals surface area contributed by atoms with Crippen molar-refractivity contribution in [1.29, 1.82) is 0 Å². The van der Waals surface area contributed by atoms with Gasteiger partial charge in [-0.25, -0.2) is 9.69 Å². The first-order chi connectivity index (χ1) is 20.4. The number of amides is 3. The van der Waals surface area contributed by atoms with Gasteiger partial charge in [-0.1, -0.05) is 42.5 Å². The van der Waals surface area contributed by atoms with Crippen LogP contribution in [0.1, 0.15) is 27.9 Å². The van der Waals surface area contributed by atoms with Gasteiger partial charge in [-0.05, 0) is 78.6 Å². The third kappa shape index (κ3) is 5.38. The SMILES string of the molecule is Nc1cccc(SC2CC(=O)N(c3ccc(C(=O)OCC(=O)N4c5ccccc5CCc5ccccc54)cc3)C2=O)c1. The first-order valence-electron chi connectivity index (χ1n) is 13.5. The quantitative estimate of drug-likeness (QED) is 0.188. The molecule has 4 aromatic rings. The fraction of sp³-hybridized carbons (Fsp3) is 0.152. The van der Waals surface area contributed by atoms with Crippen LogP contribution in [0.5, 0.6) is 0 Å². The normalized spacial score (nSPS) is 16.0. The first-order valence-corrected chi connectivity index (χ1v) is 14.4. The molecule has 4 aromatic carbocycles. The number of nitrogens with zero attached hydrogens (tertiary/aromatic N) is 2. The largest absolute Gasteiger partial charge is 0.452 e. The maximum Gasteiger partial charge on any atom is 0.338 e. The molecule has 8 nitrogen and oxygen atoms in total. The van der Waals surface area contributed by atoms with E-state index in [0.717, 1.165) is 45.1 Å². The van der Waals surface area contributed by atoms with Crippen LogP contribution in [-0.4, -0.2) is 35.5 Å². The Morgan fingerprint density at radius 2 is 1.48 bits per heavy atom. The van der Waals surface area contributed by atoms with Crippen molar-refractivity contribution in [3.8, 4) is 0 Å². The first kappa shape index (κ1) is 27.3. The van der Waals surface area contributed by atoms with Crippen molar-refractivity contribution in [1.82, 2.24) is 0 Å². The highest BCUT2D eigenvalue weighted by atomic mass is 32.2. The van der Waals surface area contributed by atoms with Gasteiger partial charge in [0, 0.05) is 17.0 Å². The van der Waals surface area contributed by atoms with Gasteiger partial charge in [0.25, 0.3) is 5.91 Å². The number of para-hydroxylation sites is 2. The monoisotopic (exact) mass is 577 g/mol. The third-order valence-corrected chi connectivity index (χ3v) is 8.49. The number of carbonyl (C=O) groups excluding carboxylic acids is 4. The van der Waals surface area contributed by atoms with E-state index >= 15 is 0 Å². The highest BCUT2D eigenvalue weighted by Gasteiger charge is 2.40. The van der Waals surface area contributed by atoms with Gasteiger partial charge in [0.1, 0.15) is 0 Å². The molecule has 1 saturated heterocycles. The lowest BCUT2D eigenvalue weighted by atomic mass is 10.0. The van der Waals surface area contributed by atoms with Gasteiger partial charge in [-0.3, -0.25) is 19.3 Å². The molecule has 3 amide bonds. The van der Waals surface area contributed by atoms with E-state index in [-0.39, 0.29) is 29.7 Å². The van der Waals surface area contributed by atoms with E-state index in [1.54, 1.807) is 23.1 Å². The van der Waals surface area contributed by atoms with E-state index in [0.29, 0.717) is 11.4 Å². The van der Waals surface area contributed by atoms with E-state index in [4.69, 9.17) is 10.5 Å². The lowest BCUT2D eigenvalue weighted by molar-refractivity contribution is -0.122. The number of aryl methyl sites for hydroxylation is 2. The zero-order valence-electron chi connectivity index (χ0n) is 22.6. The van der Waals surface area contributed by atoms with Gasteiger partial charge in [-0.15, -0.1) is 11.8 Å². The molecule has 0 saturated carbocycles. The van der Waals surface area contributed by atoms with Crippen molar-refractivity contribution in [2.24, 2.45) is 0 Å². The molecule has 0 aromatic heterocycles. The van der Waals surface area contributed by atoms with Gasteiger partial charge in [-0.2, -0.15) is 0 Å². The summed E-state index contributed by atoms with van der Waals surface area (Å²) in [5.41, 5.74) is 10.6. The molecular weight excluding hydrogens is 550 g/mol. The Hall–Kier alpha value is -4.89. The number of rotatable bonds is 6. The van der Waals surface area contributed by atoms with E-state index < -0.39 is 17.8 Å². The fourth-order valence-corrected chi connectivity index (χ4v) is 6.41. The van der Waals surface area contributed by atoms with E-state index in [2.05, 4.69) is 0 Å². The summed E-state index contributed by atoms with van der Waals surface area (Å²) in [5.74, 6) is -1.69. The van der Waals surface area contributed by atoms with Crippen molar-refractivity contribution in [3.63, 3.8) is 0 Å². The molecule has 0 radical (unpaired) electrons. The van der Waals surface area contributed by atoms with E-state index in [1.807, 2.05) is 54.6 Å². The van der Waals surface area contributed by atoms with Crippen molar-refractivity contribution < 1.29 is 23.9 Å². The second-order valence-corrected chi connectivity index (χ2v) is 11.3. The molecule has 0 aliphatic carbocycles. The second kappa shape index (κ2) is 11.5. The molecule has 1 atom stereocenters. The lowest BCUT2D eigenvalue weighted by Gasteiger charge is -2.24. The Morgan fingerprint density at radius 1 is 0.833 bits per heavy atom. The predicted octanol–water partition coefficient (Wildman–Crippen LogP) is 5.31. The van der Waals surface area contributed by atoms with E-state index in [9.17, 15) is 19.2 Å².